The van der Waals surface area contributed by atoms with Crippen LogP contribution < -0.4 is 10.2 Å². The highest BCUT2D eigenvalue weighted by Gasteiger charge is 2.28. The molecule has 2 fully saturated rings. The second-order valence-corrected chi connectivity index (χ2v) is 8.72. The number of morpholine rings is 1. The lowest BCUT2D eigenvalue weighted by atomic mass is 10.1. The SMILES string of the molecule is Cc1cc(C(=O)N2CCN(C(=O)Nc3ccccc3N3C[C@H](C)O[C@@H](C)C3)CC2)c(C)o1. The maximum Gasteiger partial charge on any atom is 0.322 e. The first-order chi connectivity index (χ1) is 15.3. The largest absolute Gasteiger partial charge is 0.466 e. The maximum atomic E-state index is 13.0. The number of rotatable bonds is 3. The average molecular weight is 441 g/mol. The number of hydrogen-bond donors (Lipinski definition) is 1. The first-order valence-electron chi connectivity index (χ1n) is 11.2. The Hall–Kier alpha value is -3.00. The lowest BCUT2D eigenvalue weighted by Crippen LogP contribution is -2.52. The fourth-order valence-electron chi connectivity index (χ4n) is 4.55. The average Bonchev–Trinajstić information content (AvgIpc) is 3.11. The highest BCUT2D eigenvalue weighted by molar-refractivity contribution is 5.96. The Balaban J connectivity index is 1.38. The molecule has 2 atom stereocenters. The number of ether oxygens (including phenoxy) is 1. The van der Waals surface area contributed by atoms with Gasteiger partial charge in [0.15, 0.2) is 0 Å². The smallest absolute Gasteiger partial charge is 0.322 e. The number of hydrogen-bond acceptors (Lipinski definition) is 5. The molecule has 32 heavy (non-hydrogen) atoms. The lowest BCUT2D eigenvalue weighted by Gasteiger charge is -2.38. The number of urea groups is 1. The quantitative estimate of drug-likeness (QED) is 0.790. The van der Waals surface area contributed by atoms with E-state index in [4.69, 9.17) is 9.15 Å². The number of nitrogens with one attached hydrogen (secondary N) is 1. The summed E-state index contributed by atoms with van der Waals surface area (Å²) in [7, 11) is 0. The minimum atomic E-state index is -0.144. The van der Waals surface area contributed by atoms with Crippen LogP contribution in [0, 0.1) is 13.8 Å². The molecule has 1 aromatic carbocycles. The number of benzene rings is 1. The number of anilines is 2. The summed E-state index contributed by atoms with van der Waals surface area (Å²) in [5.41, 5.74) is 2.40. The van der Waals surface area contributed by atoms with E-state index in [0.29, 0.717) is 37.5 Å². The van der Waals surface area contributed by atoms with Crippen molar-refractivity contribution in [2.24, 2.45) is 0 Å². The van der Waals surface area contributed by atoms with Gasteiger partial charge in [-0.15, -0.1) is 0 Å². The van der Waals surface area contributed by atoms with Crippen LogP contribution in [-0.2, 0) is 4.74 Å². The first kappa shape index (κ1) is 22.2. The van der Waals surface area contributed by atoms with Crippen molar-refractivity contribution in [1.82, 2.24) is 9.80 Å². The minimum Gasteiger partial charge on any atom is -0.466 e. The van der Waals surface area contributed by atoms with Crippen LogP contribution in [0.5, 0.6) is 0 Å². The Kier molecular flexibility index (Phi) is 6.41. The van der Waals surface area contributed by atoms with Crippen molar-refractivity contribution in [1.29, 1.82) is 0 Å². The minimum absolute atomic E-state index is 0.0414. The fraction of sp³-hybridized carbons (Fsp3) is 0.500. The molecule has 0 spiro atoms. The Morgan fingerprint density at radius 2 is 1.59 bits per heavy atom. The van der Waals surface area contributed by atoms with Crippen molar-refractivity contribution in [3.8, 4) is 0 Å². The van der Waals surface area contributed by atoms with Gasteiger partial charge in [0.1, 0.15) is 11.5 Å². The summed E-state index contributed by atoms with van der Waals surface area (Å²) in [6.45, 7) is 11.3. The molecular weight excluding hydrogens is 408 g/mol. The molecule has 0 bridgehead atoms. The summed E-state index contributed by atoms with van der Waals surface area (Å²) in [6, 6.07) is 9.52. The summed E-state index contributed by atoms with van der Waals surface area (Å²) in [5, 5.41) is 3.08. The van der Waals surface area contributed by atoms with Crippen molar-refractivity contribution >= 4 is 23.3 Å². The van der Waals surface area contributed by atoms with E-state index in [9.17, 15) is 9.59 Å². The molecule has 3 heterocycles. The molecule has 0 unspecified atom stereocenters. The molecule has 2 aliphatic heterocycles. The van der Waals surface area contributed by atoms with E-state index in [0.717, 1.165) is 30.2 Å². The summed E-state index contributed by atoms with van der Waals surface area (Å²) >= 11 is 0. The van der Waals surface area contributed by atoms with E-state index in [1.165, 1.54) is 0 Å². The Labute approximate surface area is 189 Å². The molecular formula is C24H32N4O4. The number of piperazine rings is 1. The van der Waals surface area contributed by atoms with Crippen LogP contribution in [-0.4, -0.2) is 73.2 Å². The van der Waals surface area contributed by atoms with Crippen LogP contribution in [0.3, 0.4) is 0 Å². The second-order valence-electron chi connectivity index (χ2n) is 8.72. The van der Waals surface area contributed by atoms with Crippen LogP contribution in [0.25, 0.3) is 0 Å². The van der Waals surface area contributed by atoms with Crippen LogP contribution in [0.2, 0.25) is 0 Å². The number of para-hydroxylation sites is 2. The van der Waals surface area contributed by atoms with E-state index < -0.39 is 0 Å². The number of carbonyl (C=O) groups excluding carboxylic acids is 2. The van der Waals surface area contributed by atoms with Gasteiger partial charge in [0.25, 0.3) is 5.91 Å². The van der Waals surface area contributed by atoms with Gasteiger partial charge < -0.3 is 29.2 Å². The third-order valence-corrected chi connectivity index (χ3v) is 6.03. The van der Waals surface area contributed by atoms with Crippen LogP contribution in [0.1, 0.15) is 35.7 Å². The fourth-order valence-corrected chi connectivity index (χ4v) is 4.55. The molecule has 4 rings (SSSR count). The van der Waals surface area contributed by atoms with Gasteiger partial charge in [-0.25, -0.2) is 4.79 Å². The van der Waals surface area contributed by atoms with E-state index in [1.807, 2.05) is 31.2 Å². The topological polar surface area (TPSA) is 78.3 Å². The number of furan rings is 1. The zero-order valence-electron chi connectivity index (χ0n) is 19.3. The first-order valence-corrected chi connectivity index (χ1v) is 11.2. The van der Waals surface area contributed by atoms with Crippen molar-refractivity contribution in [3.63, 3.8) is 0 Å². The van der Waals surface area contributed by atoms with Gasteiger partial charge in [-0.05, 0) is 45.9 Å². The van der Waals surface area contributed by atoms with Crippen LogP contribution in [0.15, 0.2) is 34.7 Å². The summed E-state index contributed by atoms with van der Waals surface area (Å²) < 4.78 is 11.3. The maximum absolute atomic E-state index is 13.0. The lowest BCUT2D eigenvalue weighted by molar-refractivity contribution is -0.00517. The van der Waals surface area contributed by atoms with Gasteiger partial charge in [-0.1, -0.05) is 12.1 Å². The standard InChI is InChI=1S/C24H32N4O4/c1-16-13-20(19(4)32-16)23(29)26-9-11-27(12-10-26)24(30)25-21-7-5-6-8-22(21)28-14-17(2)31-18(3)15-28/h5-8,13,17-18H,9-12,14-15H2,1-4H3,(H,25,30)/t17-,18-/m0/s1. The Morgan fingerprint density at radius 1 is 0.969 bits per heavy atom. The van der Waals surface area contributed by atoms with E-state index in [1.54, 1.807) is 22.8 Å². The molecule has 1 N–H and O–H groups in total. The molecule has 0 saturated carbocycles. The predicted octanol–water partition coefficient (Wildman–Crippen LogP) is 3.50. The molecule has 8 nitrogen and oxygen atoms in total. The highest BCUT2D eigenvalue weighted by atomic mass is 16.5. The third-order valence-electron chi connectivity index (χ3n) is 6.03. The zero-order chi connectivity index (χ0) is 22.8. The summed E-state index contributed by atoms with van der Waals surface area (Å²) in [5.74, 6) is 1.32. The number of carbonyl (C=O) groups is 2. The zero-order valence-corrected chi connectivity index (χ0v) is 19.3. The second kappa shape index (κ2) is 9.24. The molecule has 2 aliphatic rings. The van der Waals surface area contributed by atoms with E-state index >= 15 is 0 Å². The molecule has 1 aromatic heterocycles. The summed E-state index contributed by atoms with van der Waals surface area (Å²) in [6.07, 6.45) is 0.270. The van der Waals surface area contributed by atoms with E-state index in [-0.39, 0.29) is 24.1 Å². The van der Waals surface area contributed by atoms with Crippen molar-refractivity contribution in [2.45, 2.75) is 39.9 Å². The van der Waals surface area contributed by atoms with Crippen molar-refractivity contribution in [3.05, 3.63) is 47.4 Å². The molecule has 8 heteroatoms. The van der Waals surface area contributed by atoms with Gasteiger partial charge in [-0.3, -0.25) is 4.79 Å². The van der Waals surface area contributed by atoms with Crippen LogP contribution in [0.4, 0.5) is 16.2 Å². The van der Waals surface area contributed by atoms with Crippen molar-refractivity contribution < 1.29 is 18.7 Å². The van der Waals surface area contributed by atoms with Gasteiger partial charge in [-0.2, -0.15) is 0 Å². The molecule has 3 amide bonds. The number of nitrogens with zero attached hydrogens (tertiary/aromatic N) is 3. The molecule has 2 saturated heterocycles. The Bertz CT molecular complexity index is 970. The monoisotopic (exact) mass is 440 g/mol. The van der Waals surface area contributed by atoms with Gasteiger partial charge in [0.2, 0.25) is 0 Å². The van der Waals surface area contributed by atoms with Gasteiger partial charge >= 0.3 is 6.03 Å². The molecule has 0 radical (unpaired) electrons. The normalized spacial score (nSPS) is 21.6. The number of aryl methyl sites for hydroxylation is 2. The molecule has 0 aliphatic carbocycles. The predicted molar refractivity (Wildman–Crippen MR) is 123 cm³/mol. The van der Waals surface area contributed by atoms with Gasteiger partial charge in [0.05, 0.1) is 29.1 Å². The highest BCUT2D eigenvalue weighted by Crippen LogP contribution is 2.29. The number of amides is 3. The third kappa shape index (κ3) is 4.75. The molecule has 172 valence electrons. The van der Waals surface area contributed by atoms with Crippen molar-refractivity contribution in [2.75, 3.05) is 49.5 Å². The van der Waals surface area contributed by atoms with E-state index in [2.05, 4.69) is 24.1 Å². The van der Waals surface area contributed by atoms with Crippen LogP contribution >= 0.6 is 0 Å². The van der Waals surface area contributed by atoms with Gasteiger partial charge in [0, 0.05) is 39.3 Å². The summed E-state index contributed by atoms with van der Waals surface area (Å²) in [4.78, 5) is 31.6. The molecule has 2 aromatic rings. The Morgan fingerprint density at radius 3 is 2.22 bits per heavy atom.